The van der Waals surface area contributed by atoms with Crippen LogP contribution in [0.2, 0.25) is 5.15 Å². The standard InChI is InChI=1S/C7H4ClF3N2O/c8-6-2-4(7(9,10)11)1-5(13-6)3-12-14/h1-3,14H/b12-3+. The quantitative estimate of drug-likeness (QED) is 0.345. The first-order chi connectivity index (χ1) is 6.43. The molecule has 0 atom stereocenters. The summed E-state index contributed by atoms with van der Waals surface area (Å²) in [7, 11) is 0. The molecule has 0 aliphatic heterocycles. The zero-order valence-corrected chi connectivity index (χ0v) is 7.34. The van der Waals surface area contributed by atoms with Crippen molar-refractivity contribution in [3.05, 3.63) is 28.5 Å². The highest BCUT2D eigenvalue weighted by Gasteiger charge is 2.31. The molecule has 0 radical (unpaired) electrons. The van der Waals surface area contributed by atoms with Crippen LogP contribution in [0.5, 0.6) is 0 Å². The van der Waals surface area contributed by atoms with Crippen LogP contribution >= 0.6 is 11.6 Å². The summed E-state index contributed by atoms with van der Waals surface area (Å²) in [5.41, 5.74) is -1.10. The van der Waals surface area contributed by atoms with Gasteiger partial charge in [0.1, 0.15) is 5.15 Å². The topological polar surface area (TPSA) is 45.5 Å². The van der Waals surface area contributed by atoms with E-state index >= 15 is 0 Å². The monoisotopic (exact) mass is 224 g/mol. The number of halogens is 4. The summed E-state index contributed by atoms with van der Waals surface area (Å²) in [5, 5.41) is 10.4. The Labute approximate surface area is 81.8 Å². The smallest absolute Gasteiger partial charge is 0.411 e. The third-order valence-corrected chi connectivity index (χ3v) is 1.52. The van der Waals surface area contributed by atoms with E-state index in [1.165, 1.54) is 0 Å². The molecule has 1 aromatic heterocycles. The van der Waals surface area contributed by atoms with Gasteiger partial charge in [-0.2, -0.15) is 13.2 Å². The lowest BCUT2D eigenvalue weighted by atomic mass is 10.2. The second-order valence-corrected chi connectivity index (χ2v) is 2.73. The van der Waals surface area contributed by atoms with Crippen LogP contribution in [0.15, 0.2) is 17.3 Å². The molecule has 0 saturated heterocycles. The molecule has 0 bridgehead atoms. The van der Waals surface area contributed by atoms with Crippen LogP contribution in [0.4, 0.5) is 13.2 Å². The summed E-state index contributed by atoms with van der Waals surface area (Å²) in [6.07, 6.45) is -3.73. The molecule has 0 spiro atoms. The van der Waals surface area contributed by atoms with Crippen molar-refractivity contribution in [2.75, 3.05) is 0 Å². The Morgan fingerprint density at radius 2 is 2.07 bits per heavy atom. The number of nitrogens with zero attached hydrogens (tertiary/aromatic N) is 2. The van der Waals surface area contributed by atoms with Gasteiger partial charge in [0.2, 0.25) is 0 Å². The summed E-state index contributed by atoms with van der Waals surface area (Å²) in [6.45, 7) is 0. The lowest BCUT2D eigenvalue weighted by Crippen LogP contribution is -2.06. The third kappa shape index (κ3) is 2.59. The highest BCUT2D eigenvalue weighted by molar-refractivity contribution is 6.29. The van der Waals surface area contributed by atoms with Crippen LogP contribution in [0.25, 0.3) is 0 Å². The van der Waals surface area contributed by atoms with Crippen LogP contribution in [-0.4, -0.2) is 16.4 Å². The maximum atomic E-state index is 12.2. The Balaban J connectivity index is 3.20. The van der Waals surface area contributed by atoms with Crippen molar-refractivity contribution in [2.45, 2.75) is 6.18 Å². The van der Waals surface area contributed by atoms with Gasteiger partial charge in [-0.05, 0) is 12.1 Å². The molecule has 1 rings (SSSR count). The SMILES string of the molecule is O/N=C/c1cc(C(F)(F)F)cc(Cl)n1. The van der Waals surface area contributed by atoms with Gasteiger partial charge in [0.25, 0.3) is 0 Å². The predicted molar refractivity (Wildman–Crippen MR) is 43.6 cm³/mol. The Morgan fingerprint density at radius 1 is 1.43 bits per heavy atom. The number of hydrogen-bond acceptors (Lipinski definition) is 3. The summed E-state index contributed by atoms with van der Waals surface area (Å²) in [5.74, 6) is 0. The first-order valence-corrected chi connectivity index (χ1v) is 3.73. The number of rotatable bonds is 1. The van der Waals surface area contributed by atoms with Crippen molar-refractivity contribution in [3.63, 3.8) is 0 Å². The predicted octanol–water partition coefficient (Wildman–Crippen LogP) is 2.56. The molecule has 0 amide bonds. The molecule has 0 aliphatic carbocycles. The van der Waals surface area contributed by atoms with Crippen LogP contribution in [0, 0.1) is 0 Å². The maximum absolute atomic E-state index is 12.2. The zero-order valence-electron chi connectivity index (χ0n) is 6.59. The molecule has 0 saturated carbocycles. The molecule has 76 valence electrons. The van der Waals surface area contributed by atoms with E-state index in [1.54, 1.807) is 0 Å². The fourth-order valence-electron chi connectivity index (χ4n) is 0.806. The van der Waals surface area contributed by atoms with Crippen molar-refractivity contribution in [2.24, 2.45) is 5.16 Å². The molecule has 0 fully saturated rings. The number of aromatic nitrogens is 1. The highest BCUT2D eigenvalue weighted by Crippen LogP contribution is 2.30. The molecule has 3 nitrogen and oxygen atoms in total. The minimum absolute atomic E-state index is 0.160. The van der Waals surface area contributed by atoms with Gasteiger partial charge in [-0.25, -0.2) is 4.98 Å². The van der Waals surface area contributed by atoms with E-state index in [0.29, 0.717) is 6.07 Å². The van der Waals surface area contributed by atoms with Crippen LogP contribution in [0.3, 0.4) is 0 Å². The van der Waals surface area contributed by atoms with Crippen molar-refractivity contribution in [1.82, 2.24) is 4.98 Å². The van der Waals surface area contributed by atoms with Gasteiger partial charge in [0.05, 0.1) is 17.5 Å². The first kappa shape index (κ1) is 10.8. The van der Waals surface area contributed by atoms with Gasteiger partial charge < -0.3 is 5.21 Å². The first-order valence-electron chi connectivity index (χ1n) is 3.35. The van der Waals surface area contributed by atoms with E-state index in [-0.39, 0.29) is 10.8 Å². The number of alkyl halides is 3. The van der Waals surface area contributed by atoms with Gasteiger partial charge in [0, 0.05) is 0 Å². The van der Waals surface area contributed by atoms with Crippen LogP contribution in [-0.2, 0) is 6.18 Å². The van der Waals surface area contributed by atoms with Crippen LogP contribution < -0.4 is 0 Å². The van der Waals surface area contributed by atoms with Crippen molar-refractivity contribution >= 4 is 17.8 Å². The Kier molecular flexibility index (Phi) is 2.95. The van der Waals surface area contributed by atoms with Gasteiger partial charge in [-0.1, -0.05) is 16.8 Å². The largest absolute Gasteiger partial charge is 0.416 e. The lowest BCUT2D eigenvalue weighted by molar-refractivity contribution is -0.137. The van der Waals surface area contributed by atoms with E-state index in [0.717, 1.165) is 12.3 Å². The molecule has 0 aromatic carbocycles. The fraction of sp³-hybridized carbons (Fsp3) is 0.143. The molecule has 1 aromatic rings. The summed E-state index contributed by atoms with van der Waals surface area (Å²) >= 11 is 5.34. The zero-order chi connectivity index (χ0) is 10.8. The average molecular weight is 225 g/mol. The molecule has 14 heavy (non-hydrogen) atoms. The third-order valence-electron chi connectivity index (χ3n) is 1.33. The molecule has 7 heteroatoms. The number of pyridine rings is 1. The molecule has 1 N–H and O–H groups in total. The summed E-state index contributed by atoms with van der Waals surface area (Å²) < 4.78 is 36.6. The summed E-state index contributed by atoms with van der Waals surface area (Å²) in [4.78, 5) is 3.49. The van der Waals surface area contributed by atoms with E-state index < -0.39 is 11.7 Å². The van der Waals surface area contributed by atoms with E-state index in [9.17, 15) is 13.2 Å². The summed E-state index contributed by atoms with van der Waals surface area (Å²) in [6, 6.07) is 1.42. The minimum atomic E-state index is -4.50. The highest BCUT2D eigenvalue weighted by atomic mass is 35.5. The Hall–Kier alpha value is -1.30. The van der Waals surface area contributed by atoms with Crippen LogP contribution in [0.1, 0.15) is 11.3 Å². The molecule has 1 heterocycles. The Bertz CT molecular complexity index is 364. The van der Waals surface area contributed by atoms with E-state index in [2.05, 4.69) is 10.1 Å². The fourth-order valence-corrected chi connectivity index (χ4v) is 1.02. The van der Waals surface area contributed by atoms with Gasteiger partial charge in [-0.3, -0.25) is 0 Å². The molecular weight excluding hydrogens is 221 g/mol. The minimum Gasteiger partial charge on any atom is -0.411 e. The Morgan fingerprint density at radius 3 is 2.57 bits per heavy atom. The van der Waals surface area contributed by atoms with Crippen molar-refractivity contribution < 1.29 is 18.4 Å². The second-order valence-electron chi connectivity index (χ2n) is 2.35. The van der Waals surface area contributed by atoms with Gasteiger partial charge >= 0.3 is 6.18 Å². The van der Waals surface area contributed by atoms with Crippen molar-refractivity contribution in [3.8, 4) is 0 Å². The van der Waals surface area contributed by atoms with Gasteiger partial charge in [-0.15, -0.1) is 0 Å². The average Bonchev–Trinajstić information content (AvgIpc) is 2.02. The molecular formula is C7H4ClF3N2O. The number of hydrogen-bond donors (Lipinski definition) is 1. The van der Waals surface area contributed by atoms with Crippen molar-refractivity contribution in [1.29, 1.82) is 0 Å². The lowest BCUT2D eigenvalue weighted by Gasteiger charge is -2.06. The van der Waals surface area contributed by atoms with E-state index in [1.807, 2.05) is 0 Å². The number of oxime groups is 1. The molecule has 0 aliphatic rings. The normalized spacial score (nSPS) is 12.3. The molecule has 0 unspecified atom stereocenters. The van der Waals surface area contributed by atoms with Gasteiger partial charge in [0.15, 0.2) is 0 Å². The maximum Gasteiger partial charge on any atom is 0.416 e. The van der Waals surface area contributed by atoms with E-state index in [4.69, 9.17) is 16.8 Å². The second kappa shape index (κ2) is 3.83.